The number of rotatable bonds is 4. The van der Waals surface area contributed by atoms with Gasteiger partial charge in [0.1, 0.15) is 5.75 Å². The van der Waals surface area contributed by atoms with Crippen LogP contribution in [0.1, 0.15) is 25.0 Å². The quantitative estimate of drug-likeness (QED) is 0.851. The number of aryl methyl sites for hydroxylation is 1. The Morgan fingerprint density at radius 2 is 2.06 bits per heavy atom. The Bertz CT molecular complexity index is 392. The second-order valence-corrected chi connectivity index (χ2v) is 5.01. The van der Waals surface area contributed by atoms with Gasteiger partial charge in [0.2, 0.25) is 0 Å². The highest BCUT2D eigenvalue weighted by molar-refractivity contribution is 5.38. The van der Waals surface area contributed by atoms with E-state index in [0.717, 1.165) is 31.7 Å². The third kappa shape index (κ3) is 3.03. The lowest BCUT2D eigenvalue weighted by Crippen LogP contribution is -2.55. The van der Waals surface area contributed by atoms with Crippen molar-refractivity contribution in [2.75, 3.05) is 20.2 Å². The van der Waals surface area contributed by atoms with Crippen LogP contribution in [-0.2, 0) is 12.8 Å². The molecule has 1 aromatic rings. The third-order valence-corrected chi connectivity index (χ3v) is 3.79. The van der Waals surface area contributed by atoms with E-state index in [9.17, 15) is 0 Å². The number of ether oxygens (including phenoxy) is 1. The molecule has 0 bridgehead atoms. The molecular weight excluding hydrogens is 224 g/mol. The van der Waals surface area contributed by atoms with Crippen LogP contribution in [0, 0.1) is 0 Å². The van der Waals surface area contributed by atoms with Crippen molar-refractivity contribution in [2.24, 2.45) is 0 Å². The van der Waals surface area contributed by atoms with Gasteiger partial charge >= 0.3 is 0 Å². The Kier molecular flexibility index (Phi) is 4.61. The second kappa shape index (κ2) is 6.21. The zero-order valence-corrected chi connectivity index (χ0v) is 11.6. The molecule has 0 aliphatic carbocycles. The fourth-order valence-electron chi connectivity index (χ4n) is 2.57. The molecule has 0 aromatic heterocycles. The van der Waals surface area contributed by atoms with Gasteiger partial charge < -0.3 is 15.4 Å². The van der Waals surface area contributed by atoms with E-state index < -0.39 is 0 Å². The Balaban J connectivity index is 2.15. The molecule has 1 aliphatic rings. The van der Waals surface area contributed by atoms with E-state index in [2.05, 4.69) is 42.7 Å². The van der Waals surface area contributed by atoms with Gasteiger partial charge in [-0.25, -0.2) is 0 Å². The maximum absolute atomic E-state index is 5.47. The average molecular weight is 248 g/mol. The van der Waals surface area contributed by atoms with Gasteiger partial charge in [-0.2, -0.15) is 0 Å². The number of methoxy groups -OCH3 is 1. The summed E-state index contributed by atoms with van der Waals surface area (Å²) >= 11 is 0. The summed E-state index contributed by atoms with van der Waals surface area (Å²) < 4.78 is 5.47. The summed E-state index contributed by atoms with van der Waals surface area (Å²) in [6.07, 6.45) is 2.09. The highest BCUT2D eigenvalue weighted by Gasteiger charge is 2.21. The summed E-state index contributed by atoms with van der Waals surface area (Å²) in [6, 6.07) is 7.52. The van der Waals surface area contributed by atoms with Crippen LogP contribution < -0.4 is 15.4 Å². The molecule has 18 heavy (non-hydrogen) atoms. The standard InChI is InChI=1S/C15H24N2O/c1-4-12-5-6-15(18-3)13(9-12)10-14-11(2)16-7-8-17-14/h5-6,9,11,14,16-17H,4,7-8,10H2,1-3H3. The highest BCUT2D eigenvalue weighted by atomic mass is 16.5. The largest absolute Gasteiger partial charge is 0.496 e. The van der Waals surface area contributed by atoms with Crippen molar-refractivity contribution in [1.29, 1.82) is 0 Å². The summed E-state index contributed by atoms with van der Waals surface area (Å²) in [7, 11) is 1.75. The molecule has 2 rings (SSSR count). The van der Waals surface area contributed by atoms with Crippen LogP contribution in [-0.4, -0.2) is 32.3 Å². The van der Waals surface area contributed by atoms with Crippen LogP contribution in [0.4, 0.5) is 0 Å². The van der Waals surface area contributed by atoms with Crippen LogP contribution in [0.2, 0.25) is 0 Å². The van der Waals surface area contributed by atoms with Gasteiger partial charge in [-0.3, -0.25) is 0 Å². The number of hydrogen-bond acceptors (Lipinski definition) is 3. The topological polar surface area (TPSA) is 33.3 Å². The van der Waals surface area contributed by atoms with E-state index in [0.29, 0.717) is 12.1 Å². The SMILES string of the molecule is CCc1ccc(OC)c(CC2NCCNC2C)c1. The van der Waals surface area contributed by atoms with Gasteiger partial charge in [0.15, 0.2) is 0 Å². The summed E-state index contributed by atoms with van der Waals surface area (Å²) in [5.74, 6) is 1.01. The molecule has 3 heteroatoms. The molecule has 2 N–H and O–H groups in total. The Labute approximate surface area is 110 Å². The van der Waals surface area contributed by atoms with Crippen molar-refractivity contribution in [3.63, 3.8) is 0 Å². The molecule has 0 saturated carbocycles. The molecule has 2 atom stereocenters. The lowest BCUT2D eigenvalue weighted by Gasteiger charge is -2.31. The van der Waals surface area contributed by atoms with E-state index in [4.69, 9.17) is 4.74 Å². The van der Waals surface area contributed by atoms with Crippen LogP contribution in [0.25, 0.3) is 0 Å². The third-order valence-electron chi connectivity index (χ3n) is 3.79. The number of hydrogen-bond donors (Lipinski definition) is 2. The van der Waals surface area contributed by atoms with Crippen LogP contribution in [0.15, 0.2) is 18.2 Å². The first-order chi connectivity index (χ1) is 8.74. The molecule has 1 fully saturated rings. The van der Waals surface area contributed by atoms with Gasteiger partial charge in [-0.15, -0.1) is 0 Å². The van der Waals surface area contributed by atoms with Gasteiger partial charge in [0.05, 0.1) is 7.11 Å². The lowest BCUT2D eigenvalue weighted by atomic mass is 9.96. The Morgan fingerprint density at radius 3 is 2.72 bits per heavy atom. The Hall–Kier alpha value is -1.06. The van der Waals surface area contributed by atoms with Crippen LogP contribution in [0.3, 0.4) is 0 Å². The summed E-state index contributed by atoms with van der Waals surface area (Å²) in [5, 5.41) is 7.10. The smallest absolute Gasteiger partial charge is 0.122 e. The zero-order valence-electron chi connectivity index (χ0n) is 11.6. The fraction of sp³-hybridized carbons (Fsp3) is 0.600. The minimum absolute atomic E-state index is 0.486. The number of nitrogens with one attached hydrogen (secondary N) is 2. The molecule has 0 spiro atoms. The first-order valence-corrected chi connectivity index (χ1v) is 6.87. The van der Waals surface area contributed by atoms with Crippen molar-refractivity contribution in [3.05, 3.63) is 29.3 Å². The highest BCUT2D eigenvalue weighted by Crippen LogP contribution is 2.22. The molecule has 0 amide bonds. The van der Waals surface area contributed by atoms with Crippen molar-refractivity contribution in [1.82, 2.24) is 10.6 Å². The second-order valence-electron chi connectivity index (χ2n) is 5.01. The summed E-state index contributed by atoms with van der Waals surface area (Å²) in [5.41, 5.74) is 2.69. The minimum Gasteiger partial charge on any atom is -0.496 e. The van der Waals surface area contributed by atoms with Crippen molar-refractivity contribution in [3.8, 4) is 5.75 Å². The van der Waals surface area contributed by atoms with Crippen molar-refractivity contribution in [2.45, 2.75) is 38.8 Å². The maximum Gasteiger partial charge on any atom is 0.122 e. The van der Waals surface area contributed by atoms with E-state index >= 15 is 0 Å². The van der Waals surface area contributed by atoms with Crippen LogP contribution in [0.5, 0.6) is 5.75 Å². The predicted octanol–water partition coefficient (Wildman–Crippen LogP) is 1.75. The Morgan fingerprint density at radius 1 is 1.28 bits per heavy atom. The molecule has 1 saturated heterocycles. The van der Waals surface area contributed by atoms with Crippen LogP contribution >= 0.6 is 0 Å². The molecule has 1 heterocycles. The van der Waals surface area contributed by atoms with Crippen molar-refractivity contribution < 1.29 is 4.74 Å². The molecule has 2 unspecified atom stereocenters. The summed E-state index contributed by atoms with van der Waals surface area (Å²) in [4.78, 5) is 0. The van der Waals surface area contributed by atoms with Gasteiger partial charge in [0.25, 0.3) is 0 Å². The maximum atomic E-state index is 5.47. The normalized spacial score (nSPS) is 23.9. The number of piperazine rings is 1. The molecule has 100 valence electrons. The molecule has 0 radical (unpaired) electrons. The molecule has 1 aromatic carbocycles. The van der Waals surface area contributed by atoms with E-state index in [1.54, 1.807) is 7.11 Å². The first-order valence-electron chi connectivity index (χ1n) is 6.87. The van der Waals surface area contributed by atoms with Gasteiger partial charge in [-0.1, -0.05) is 19.1 Å². The van der Waals surface area contributed by atoms with E-state index in [1.165, 1.54) is 11.1 Å². The van der Waals surface area contributed by atoms with Crippen molar-refractivity contribution >= 4 is 0 Å². The zero-order chi connectivity index (χ0) is 13.0. The van der Waals surface area contributed by atoms with E-state index in [-0.39, 0.29) is 0 Å². The van der Waals surface area contributed by atoms with Gasteiger partial charge in [-0.05, 0) is 37.0 Å². The molecule has 3 nitrogen and oxygen atoms in total. The number of benzene rings is 1. The molecular formula is C15H24N2O. The minimum atomic E-state index is 0.486. The predicted molar refractivity (Wildman–Crippen MR) is 75.3 cm³/mol. The average Bonchev–Trinajstić information content (AvgIpc) is 2.41. The lowest BCUT2D eigenvalue weighted by molar-refractivity contribution is 0.331. The van der Waals surface area contributed by atoms with Gasteiger partial charge in [0, 0.05) is 25.2 Å². The first kappa shape index (κ1) is 13.4. The molecule has 1 aliphatic heterocycles. The summed E-state index contributed by atoms with van der Waals surface area (Å²) in [6.45, 7) is 6.54. The van der Waals surface area contributed by atoms with E-state index in [1.807, 2.05) is 0 Å². The fourth-order valence-corrected chi connectivity index (χ4v) is 2.57. The monoisotopic (exact) mass is 248 g/mol.